The van der Waals surface area contributed by atoms with Gasteiger partial charge < -0.3 is 10.6 Å². The first kappa shape index (κ1) is 12.9. The SMILES string of the molecule is CCCCCCNC(=O)c1ccc2c(c1)NCC2. The van der Waals surface area contributed by atoms with Crippen molar-refractivity contribution in [2.45, 2.75) is 39.0 Å². The molecule has 0 aliphatic carbocycles. The van der Waals surface area contributed by atoms with Crippen LogP contribution < -0.4 is 10.6 Å². The van der Waals surface area contributed by atoms with E-state index in [1.165, 1.54) is 24.8 Å². The van der Waals surface area contributed by atoms with Crippen LogP contribution in [-0.2, 0) is 6.42 Å². The second-order valence-corrected chi connectivity index (χ2v) is 4.87. The van der Waals surface area contributed by atoms with Crippen molar-refractivity contribution in [2.24, 2.45) is 0 Å². The minimum atomic E-state index is 0.0444. The Hall–Kier alpha value is -1.51. The summed E-state index contributed by atoms with van der Waals surface area (Å²) in [5.41, 5.74) is 3.20. The minimum absolute atomic E-state index is 0.0444. The second-order valence-electron chi connectivity index (χ2n) is 4.87. The molecule has 0 spiro atoms. The summed E-state index contributed by atoms with van der Waals surface area (Å²) >= 11 is 0. The molecule has 2 N–H and O–H groups in total. The van der Waals surface area contributed by atoms with Gasteiger partial charge in [-0.1, -0.05) is 32.3 Å². The molecule has 1 aromatic rings. The van der Waals surface area contributed by atoms with E-state index < -0.39 is 0 Å². The number of nitrogens with one attached hydrogen (secondary N) is 2. The lowest BCUT2D eigenvalue weighted by molar-refractivity contribution is 0.0953. The smallest absolute Gasteiger partial charge is 0.251 e. The van der Waals surface area contributed by atoms with Crippen molar-refractivity contribution >= 4 is 11.6 Å². The Morgan fingerprint density at radius 2 is 2.22 bits per heavy atom. The Morgan fingerprint density at radius 3 is 3.06 bits per heavy atom. The van der Waals surface area contributed by atoms with Crippen LogP contribution in [0.1, 0.15) is 48.5 Å². The third-order valence-corrected chi connectivity index (χ3v) is 3.40. The van der Waals surface area contributed by atoms with E-state index in [4.69, 9.17) is 0 Å². The Kier molecular flexibility index (Phi) is 4.62. The number of hydrogen-bond acceptors (Lipinski definition) is 2. The Labute approximate surface area is 109 Å². The van der Waals surface area contributed by atoms with Gasteiger partial charge in [0.05, 0.1) is 0 Å². The van der Waals surface area contributed by atoms with Crippen LogP contribution in [-0.4, -0.2) is 19.0 Å². The number of fused-ring (bicyclic) bond motifs is 1. The number of carbonyl (C=O) groups is 1. The van der Waals surface area contributed by atoms with E-state index >= 15 is 0 Å². The van der Waals surface area contributed by atoms with E-state index in [9.17, 15) is 4.79 Å². The summed E-state index contributed by atoms with van der Waals surface area (Å²) < 4.78 is 0. The highest BCUT2D eigenvalue weighted by Crippen LogP contribution is 2.23. The third-order valence-electron chi connectivity index (χ3n) is 3.40. The van der Waals surface area contributed by atoms with Crippen LogP contribution in [0.15, 0.2) is 18.2 Å². The lowest BCUT2D eigenvalue weighted by Gasteiger charge is -2.07. The topological polar surface area (TPSA) is 41.1 Å². The number of unbranched alkanes of at least 4 members (excludes halogenated alkanes) is 3. The zero-order valence-electron chi connectivity index (χ0n) is 11.1. The monoisotopic (exact) mass is 246 g/mol. The fourth-order valence-corrected chi connectivity index (χ4v) is 2.29. The summed E-state index contributed by atoms with van der Waals surface area (Å²) in [7, 11) is 0. The number of amides is 1. The molecule has 18 heavy (non-hydrogen) atoms. The van der Waals surface area contributed by atoms with Crippen molar-refractivity contribution < 1.29 is 4.79 Å². The molecule has 0 atom stereocenters. The molecular weight excluding hydrogens is 224 g/mol. The molecule has 0 radical (unpaired) electrons. The highest BCUT2D eigenvalue weighted by Gasteiger charge is 2.12. The van der Waals surface area contributed by atoms with Crippen molar-refractivity contribution in [2.75, 3.05) is 18.4 Å². The maximum absolute atomic E-state index is 11.9. The molecule has 0 fully saturated rings. The summed E-state index contributed by atoms with van der Waals surface area (Å²) in [6, 6.07) is 5.94. The molecule has 98 valence electrons. The van der Waals surface area contributed by atoms with Crippen LogP contribution in [0.3, 0.4) is 0 Å². The molecule has 0 unspecified atom stereocenters. The summed E-state index contributed by atoms with van der Waals surface area (Å²) in [6.45, 7) is 3.96. The molecule has 2 rings (SSSR count). The molecule has 3 nitrogen and oxygen atoms in total. The molecule has 1 aliphatic heterocycles. The van der Waals surface area contributed by atoms with Crippen molar-refractivity contribution in [3.05, 3.63) is 29.3 Å². The third kappa shape index (κ3) is 3.25. The van der Waals surface area contributed by atoms with Crippen LogP contribution in [0.2, 0.25) is 0 Å². The van der Waals surface area contributed by atoms with Crippen molar-refractivity contribution in [3.63, 3.8) is 0 Å². The molecular formula is C15H22N2O. The van der Waals surface area contributed by atoms with Crippen LogP contribution in [0, 0.1) is 0 Å². The van der Waals surface area contributed by atoms with Gasteiger partial charge in [-0.05, 0) is 30.5 Å². The molecule has 3 heteroatoms. The summed E-state index contributed by atoms with van der Waals surface area (Å²) in [5.74, 6) is 0.0444. The number of hydrogen-bond donors (Lipinski definition) is 2. The van der Waals surface area contributed by atoms with Gasteiger partial charge in [0.2, 0.25) is 0 Å². The average Bonchev–Trinajstić information content (AvgIpc) is 2.85. The van der Waals surface area contributed by atoms with Gasteiger partial charge in [0.15, 0.2) is 0 Å². The van der Waals surface area contributed by atoms with Gasteiger partial charge in [0, 0.05) is 24.3 Å². The van der Waals surface area contributed by atoms with Crippen molar-refractivity contribution in [1.82, 2.24) is 5.32 Å². The van der Waals surface area contributed by atoms with Crippen LogP contribution in [0.5, 0.6) is 0 Å². The van der Waals surface area contributed by atoms with Crippen molar-refractivity contribution in [3.8, 4) is 0 Å². The van der Waals surface area contributed by atoms with E-state index in [-0.39, 0.29) is 5.91 Å². The lowest BCUT2D eigenvalue weighted by Crippen LogP contribution is -2.24. The van der Waals surface area contributed by atoms with Crippen LogP contribution >= 0.6 is 0 Å². The fraction of sp³-hybridized carbons (Fsp3) is 0.533. The quantitative estimate of drug-likeness (QED) is 0.758. The van der Waals surface area contributed by atoms with E-state index in [2.05, 4.69) is 23.6 Å². The Bertz CT molecular complexity index is 415. The highest BCUT2D eigenvalue weighted by atomic mass is 16.1. The first-order chi connectivity index (χ1) is 8.81. The van der Waals surface area contributed by atoms with Crippen LogP contribution in [0.25, 0.3) is 0 Å². The minimum Gasteiger partial charge on any atom is -0.384 e. The molecule has 1 amide bonds. The molecule has 0 bridgehead atoms. The summed E-state index contributed by atoms with van der Waals surface area (Å²) in [4.78, 5) is 11.9. The summed E-state index contributed by atoms with van der Waals surface area (Å²) in [6.07, 6.45) is 5.81. The Morgan fingerprint density at radius 1 is 1.33 bits per heavy atom. The number of rotatable bonds is 6. The molecule has 0 saturated carbocycles. The van der Waals surface area contributed by atoms with Crippen molar-refractivity contribution in [1.29, 1.82) is 0 Å². The Balaban J connectivity index is 1.82. The van der Waals surface area contributed by atoms with Gasteiger partial charge in [-0.15, -0.1) is 0 Å². The van der Waals surface area contributed by atoms with Gasteiger partial charge >= 0.3 is 0 Å². The largest absolute Gasteiger partial charge is 0.384 e. The summed E-state index contributed by atoms with van der Waals surface area (Å²) in [5, 5.41) is 6.28. The maximum atomic E-state index is 11.9. The van der Waals surface area contributed by atoms with E-state index in [1.807, 2.05) is 12.1 Å². The van der Waals surface area contributed by atoms with Gasteiger partial charge in [-0.2, -0.15) is 0 Å². The van der Waals surface area contributed by atoms with Gasteiger partial charge in [-0.25, -0.2) is 0 Å². The molecule has 1 aliphatic rings. The first-order valence-electron chi connectivity index (χ1n) is 6.96. The lowest BCUT2D eigenvalue weighted by atomic mass is 10.1. The molecule has 0 aromatic heterocycles. The molecule has 1 aromatic carbocycles. The molecule has 0 saturated heterocycles. The zero-order valence-corrected chi connectivity index (χ0v) is 11.1. The van der Waals surface area contributed by atoms with Gasteiger partial charge in [0.25, 0.3) is 5.91 Å². The van der Waals surface area contributed by atoms with E-state index in [0.717, 1.165) is 37.2 Å². The zero-order chi connectivity index (χ0) is 12.8. The van der Waals surface area contributed by atoms with Crippen LogP contribution in [0.4, 0.5) is 5.69 Å². The fourth-order valence-electron chi connectivity index (χ4n) is 2.29. The molecule has 1 heterocycles. The first-order valence-corrected chi connectivity index (χ1v) is 6.96. The normalized spacial score (nSPS) is 12.9. The number of anilines is 1. The average molecular weight is 246 g/mol. The number of carbonyl (C=O) groups excluding carboxylic acids is 1. The highest BCUT2D eigenvalue weighted by molar-refractivity contribution is 5.95. The second kappa shape index (κ2) is 6.43. The number of benzene rings is 1. The van der Waals surface area contributed by atoms with Gasteiger partial charge in [0.1, 0.15) is 0 Å². The predicted molar refractivity (Wildman–Crippen MR) is 75.1 cm³/mol. The van der Waals surface area contributed by atoms with Gasteiger partial charge in [-0.3, -0.25) is 4.79 Å². The van der Waals surface area contributed by atoms with E-state index in [0.29, 0.717) is 0 Å². The maximum Gasteiger partial charge on any atom is 0.251 e. The standard InChI is InChI=1S/C15H22N2O/c1-2-3-4-5-9-17-15(18)13-7-6-12-8-10-16-14(12)11-13/h6-7,11,16H,2-5,8-10H2,1H3,(H,17,18). The van der Waals surface area contributed by atoms with E-state index in [1.54, 1.807) is 0 Å². The predicted octanol–water partition coefficient (Wildman–Crippen LogP) is 2.96.